The number of imide groups is 1. The molecule has 2 aromatic carbocycles. The molecule has 0 bridgehead atoms. The largest absolute Gasteiger partial charge is 0.459 e. The molecule has 0 N–H and O–H groups in total. The molecule has 3 rings (SSSR count). The van der Waals surface area contributed by atoms with Crippen LogP contribution in [0, 0.1) is 5.92 Å². The average Bonchev–Trinajstić information content (AvgIpc) is 2.73. The highest BCUT2D eigenvalue weighted by Gasteiger charge is 2.42. The van der Waals surface area contributed by atoms with E-state index in [2.05, 4.69) is 0 Å². The van der Waals surface area contributed by atoms with E-state index in [4.69, 9.17) is 9.47 Å². The van der Waals surface area contributed by atoms with E-state index < -0.39 is 24.0 Å². The molecule has 0 unspecified atom stereocenters. The Morgan fingerprint density at radius 2 is 1.43 bits per heavy atom. The Bertz CT molecular complexity index is 821. The first kappa shape index (κ1) is 19.6. The molecular weight excluding hydrogens is 358 g/mol. The first-order valence-corrected chi connectivity index (χ1v) is 9.30. The van der Waals surface area contributed by atoms with Gasteiger partial charge in [0.15, 0.2) is 0 Å². The first-order valence-electron chi connectivity index (χ1n) is 9.30. The smallest absolute Gasteiger partial charge is 0.417 e. The number of piperidine rings is 1. The highest BCUT2D eigenvalue weighted by atomic mass is 16.6. The quantitative estimate of drug-likeness (QED) is 0.739. The summed E-state index contributed by atoms with van der Waals surface area (Å²) >= 11 is 0. The molecule has 6 heteroatoms. The van der Waals surface area contributed by atoms with Crippen LogP contribution in [0.25, 0.3) is 0 Å². The Hall–Kier alpha value is -3.15. The number of ether oxygens (including phenoxy) is 2. The van der Waals surface area contributed by atoms with Crippen molar-refractivity contribution >= 4 is 18.0 Å². The number of likely N-dealkylation sites (tertiary alicyclic amines) is 1. The molecule has 6 nitrogen and oxygen atoms in total. The number of rotatable bonds is 5. The number of carbonyl (C=O) groups excluding carboxylic acids is 3. The molecule has 28 heavy (non-hydrogen) atoms. The Labute approximate surface area is 164 Å². The van der Waals surface area contributed by atoms with Crippen LogP contribution < -0.4 is 0 Å². The van der Waals surface area contributed by atoms with Crippen molar-refractivity contribution in [3.05, 3.63) is 71.8 Å². The predicted octanol–water partition coefficient (Wildman–Crippen LogP) is 3.69. The highest BCUT2D eigenvalue weighted by Crippen LogP contribution is 2.25. The lowest BCUT2D eigenvalue weighted by Crippen LogP contribution is -2.54. The van der Waals surface area contributed by atoms with Gasteiger partial charge in [0.2, 0.25) is 5.91 Å². The number of benzene rings is 2. The summed E-state index contributed by atoms with van der Waals surface area (Å²) in [5.74, 6) is -1.35. The number of carbonyl (C=O) groups is 3. The van der Waals surface area contributed by atoms with Crippen molar-refractivity contribution in [2.75, 3.05) is 0 Å². The molecule has 0 spiro atoms. The minimum atomic E-state index is -0.962. The van der Waals surface area contributed by atoms with Crippen LogP contribution in [0.3, 0.4) is 0 Å². The Kier molecular flexibility index (Phi) is 6.42. The summed E-state index contributed by atoms with van der Waals surface area (Å²) in [6, 6.07) is 17.5. The van der Waals surface area contributed by atoms with E-state index in [1.807, 2.05) is 60.7 Å². The van der Waals surface area contributed by atoms with E-state index in [0.717, 1.165) is 16.0 Å². The molecule has 2 aromatic rings. The van der Waals surface area contributed by atoms with Crippen LogP contribution in [0.5, 0.6) is 0 Å². The van der Waals surface area contributed by atoms with Crippen molar-refractivity contribution in [1.29, 1.82) is 0 Å². The van der Waals surface area contributed by atoms with Crippen LogP contribution in [-0.2, 0) is 32.3 Å². The van der Waals surface area contributed by atoms with Crippen LogP contribution in [-0.4, -0.2) is 28.9 Å². The molecule has 1 aliphatic heterocycles. The van der Waals surface area contributed by atoms with Gasteiger partial charge in [0.25, 0.3) is 0 Å². The Morgan fingerprint density at radius 1 is 0.893 bits per heavy atom. The fraction of sp³-hybridized carbons (Fsp3) is 0.318. The zero-order chi connectivity index (χ0) is 19.9. The third kappa shape index (κ3) is 4.76. The minimum Gasteiger partial charge on any atom is -0.459 e. The third-order valence-electron chi connectivity index (χ3n) is 4.74. The SMILES string of the molecule is C[C@H]1CC[C@@H](C(=O)OCc2ccccc2)N(C(=O)OCc2ccccc2)C1=O. The van der Waals surface area contributed by atoms with Gasteiger partial charge in [-0.25, -0.2) is 14.5 Å². The molecule has 1 heterocycles. The van der Waals surface area contributed by atoms with Crippen molar-refractivity contribution in [1.82, 2.24) is 4.90 Å². The fourth-order valence-corrected chi connectivity index (χ4v) is 3.11. The van der Waals surface area contributed by atoms with Crippen molar-refractivity contribution in [2.45, 2.75) is 39.0 Å². The van der Waals surface area contributed by atoms with Gasteiger partial charge < -0.3 is 9.47 Å². The van der Waals surface area contributed by atoms with E-state index in [9.17, 15) is 14.4 Å². The lowest BCUT2D eigenvalue weighted by Gasteiger charge is -2.34. The van der Waals surface area contributed by atoms with Crippen LogP contribution in [0.1, 0.15) is 30.9 Å². The summed E-state index contributed by atoms with van der Waals surface area (Å²) in [5.41, 5.74) is 1.64. The Balaban J connectivity index is 1.66. The second kappa shape index (κ2) is 9.17. The Morgan fingerprint density at radius 3 is 2.00 bits per heavy atom. The van der Waals surface area contributed by atoms with Crippen LogP contribution in [0.15, 0.2) is 60.7 Å². The van der Waals surface area contributed by atoms with Crippen molar-refractivity contribution in [3.8, 4) is 0 Å². The molecule has 0 radical (unpaired) electrons. The normalized spacial score (nSPS) is 19.2. The van der Waals surface area contributed by atoms with E-state index in [-0.39, 0.29) is 19.1 Å². The van der Waals surface area contributed by atoms with Crippen LogP contribution in [0.4, 0.5) is 4.79 Å². The molecule has 2 atom stereocenters. The molecule has 0 aromatic heterocycles. The molecule has 1 saturated heterocycles. The van der Waals surface area contributed by atoms with Gasteiger partial charge in [0.1, 0.15) is 19.3 Å². The topological polar surface area (TPSA) is 72.9 Å². The van der Waals surface area contributed by atoms with Gasteiger partial charge in [0.05, 0.1) is 0 Å². The summed E-state index contributed by atoms with van der Waals surface area (Å²) in [6.45, 7) is 1.86. The summed E-state index contributed by atoms with van der Waals surface area (Å²) in [7, 11) is 0. The fourth-order valence-electron chi connectivity index (χ4n) is 3.11. The number of esters is 1. The third-order valence-corrected chi connectivity index (χ3v) is 4.74. The molecule has 2 amide bonds. The maximum absolute atomic E-state index is 12.6. The van der Waals surface area contributed by atoms with Gasteiger partial charge in [-0.15, -0.1) is 0 Å². The number of hydrogen-bond donors (Lipinski definition) is 0. The molecule has 0 saturated carbocycles. The maximum Gasteiger partial charge on any atom is 0.417 e. The molecule has 0 aliphatic carbocycles. The summed E-state index contributed by atoms with van der Waals surface area (Å²) in [4.78, 5) is 38.7. The minimum absolute atomic E-state index is 0.0314. The zero-order valence-corrected chi connectivity index (χ0v) is 15.7. The van der Waals surface area contributed by atoms with Gasteiger partial charge in [-0.3, -0.25) is 4.79 Å². The lowest BCUT2D eigenvalue weighted by atomic mass is 9.93. The monoisotopic (exact) mass is 381 g/mol. The van der Waals surface area contributed by atoms with Gasteiger partial charge >= 0.3 is 12.1 Å². The maximum atomic E-state index is 12.6. The van der Waals surface area contributed by atoms with Gasteiger partial charge in [-0.2, -0.15) is 0 Å². The van der Waals surface area contributed by atoms with E-state index in [1.165, 1.54) is 0 Å². The molecular formula is C22H23NO5. The predicted molar refractivity (Wildman–Crippen MR) is 102 cm³/mol. The summed E-state index contributed by atoms with van der Waals surface area (Å²) in [5, 5.41) is 0. The molecule has 146 valence electrons. The summed E-state index contributed by atoms with van der Waals surface area (Å²) in [6.07, 6.45) is 0.0648. The second-order valence-corrected chi connectivity index (χ2v) is 6.84. The van der Waals surface area contributed by atoms with Crippen molar-refractivity contribution < 1.29 is 23.9 Å². The zero-order valence-electron chi connectivity index (χ0n) is 15.7. The van der Waals surface area contributed by atoms with E-state index in [0.29, 0.717) is 12.8 Å². The van der Waals surface area contributed by atoms with Gasteiger partial charge in [0, 0.05) is 5.92 Å². The number of amides is 2. The number of hydrogen-bond acceptors (Lipinski definition) is 5. The summed E-state index contributed by atoms with van der Waals surface area (Å²) < 4.78 is 10.6. The first-order chi connectivity index (χ1) is 13.6. The molecule has 1 fully saturated rings. The van der Waals surface area contributed by atoms with Crippen molar-refractivity contribution in [3.63, 3.8) is 0 Å². The van der Waals surface area contributed by atoms with Crippen molar-refractivity contribution in [2.24, 2.45) is 5.92 Å². The lowest BCUT2D eigenvalue weighted by molar-refractivity contribution is -0.159. The second-order valence-electron chi connectivity index (χ2n) is 6.84. The van der Waals surface area contributed by atoms with Crippen LogP contribution >= 0.6 is 0 Å². The van der Waals surface area contributed by atoms with Gasteiger partial charge in [-0.1, -0.05) is 67.6 Å². The molecule has 1 aliphatic rings. The average molecular weight is 381 g/mol. The van der Waals surface area contributed by atoms with Gasteiger partial charge in [-0.05, 0) is 24.0 Å². The van der Waals surface area contributed by atoms with E-state index in [1.54, 1.807) is 6.92 Å². The standard InChI is InChI=1S/C22H23NO5/c1-16-12-13-19(21(25)27-14-17-8-4-2-5-9-17)23(20(16)24)22(26)28-15-18-10-6-3-7-11-18/h2-11,16,19H,12-15H2,1H3/t16-,19-/m0/s1. The van der Waals surface area contributed by atoms with E-state index >= 15 is 0 Å². The van der Waals surface area contributed by atoms with Crippen LogP contribution in [0.2, 0.25) is 0 Å². The highest BCUT2D eigenvalue weighted by molar-refractivity contribution is 5.98. The number of nitrogens with zero attached hydrogens (tertiary/aromatic N) is 1.